The van der Waals surface area contributed by atoms with Crippen LogP contribution in [0.4, 0.5) is 0 Å². The Morgan fingerprint density at radius 1 is 1.35 bits per heavy atom. The quantitative estimate of drug-likeness (QED) is 0.832. The van der Waals surface area contributed by atoms with Crippen LogP contribution in [0.15, 0.2) is 0 Å². The van der Waals surface area contributed by atoms with Gasteiger partial charge in [-0.1, -0.05) is 19.8 Å². The van der Waals surface area contributed by atoms with Gasteiger partial charge in [-0.2, -0.15) is 11.8 Å². The monoisotopic (exact) mass is 256 g/mol. The van der Waals surface area contributed by atoms with Crippen LogP contribution >= 0.6 is 11.8 Å². The standard InChI is InChI=1S/C14H28N2S/c1-13-4-3-5-14(10-13,11-15-2)12-16-6-8-17-9-7-16/h13,15H,3-12H2,1-2H3. The molecule has 17 heavy (non-hydrogen) atoms. The van der Waals surface area contributed by atoms with Gasteiger partial charge in [-0.25, -0.2) is 0 Å². The number of thioether (sulfide) groups is 1. The Bertz CT molecular complexity index is 224. The zero-order valence-corrected chi connectivity index (χ0v) is 12.3. The van der Waals surface area contributed by atoms with Crippen molar-refractivity contribution >= 4 is 11.8 Å². The third-order valence-corrected chi connectivity index (χ3v) is 5.34. The van der Waals surface area contributed by atoms with Crippen molar-refractivity contribution in [3.8, 4) is 0 Å². The van der Waals surface area contributed by atoms with Crippen LogP contribution in [0.25, 0.3) is 0 Å². The van der Waals surface area contributed by atoms with E-state index in [1.807, 2.05) is 0 Å². The predicted molar refractivity (Wildman–Crippen MR) is 77.8 cm³/mol. The number of nitrogens with one attached hydrogen (secondary N) is 1. The summed E-state index contributed by atoms with van der Waals surface area (Å²) in [6.45, 7) is 7.60. The topological polar surface area (TPSA) is 15.3 Å². The van der Waals surface area contributed by atoms with Crippen LogP contribution in [-0.4, -0.2) is 49.6 Å². The summed E-state index contributed by atoms with van der Waals surface area (Å²) in [4.78, 5) is 2.71. The van der Waals surface area contributed by atoms with E-state index in [4.69, 9.17) is 0 Å². The van der Waals surface area contributed by atoms with E-state index >= 15 is 0 Å². The first-order chi connectivity index (χ1) is 8.24. The fourth-order valence-corrected chi connectivity index (χ4v) is 4.72. The maximum absolute atomic E-state index is 3.46. The Balaban J connectivity index is 1.94. The van der Waals surface area contributed by atoms with Gasteiger partial charge in [0.15, 0.2) is 0 Å². The van der Waals surface area contributed by atoms with Gasteiger partial charge in [-0.15, -0.1) is 0 Å². The Labute approximate surface area is 111 Å². The molecule has 1 heterocycles. The molecule has 1 saturated carbocycles. The van der Waals surface area contributed by atoms with Gasteiger partial charge in [-0.05, 0) is 31.2 Å². The molecule has 0 aromatic carbocycles. The highest BCUT2D eigenvalue weighted by Crippen LogP contribution is 2.39. The lowest BCUT2D eigenvalue weighted by Crippen LogP contribution is -2.48. The molecule has 100 valence electrons. The van der Waals surface area contributed by atoms with Gasteiger partial charge in [0.05, 0.1) is 0 Å². The SMILES string of the molecule is CNCC1(CN2CCSCC2)CCCC(C)C1. The molecule has 2 aliphatic rings. The van der Waals surface area contributed by atoms with E-state index < -0.39 is 0 Å². The molecule has 2 rings (SSSR count). The molecule has 2 unspecified atom stereocenters. The molecule has 1 saturated heterocycles. The van der Waals surface area contributed by atoms with Gasteiger partial charge in [0, 0.05) is 37.7 Å². The highest BCUT2D eigenvalue weighted by Gasteiger charge is 2.36. The van der Waals surface area contributed by atoms with Crippen LogP contribution in [0.5, 0.6) is 0 Å². The number of hydrogen-bond donors (Lipinski definition) is 1. The molecule has 1 aliphatic heterocycles. The van der Waals surface area contributed by atoms with Crippen molar-refractivity contribution in [2.75, 3.05) is 44.7 Å². The fraction of sp³-hybridized carbons (Fsp3) is 1.00. The molecule has 0 radical (unpaired) electrons. The molecule has 1 N–H and O–H groups in total. The first-order valence-electron chi connectivity index (χ1n) is 7.19. The van der Waals surface area contributed by atoms with Crippen molar-refractivity contribution in [2.45, 2.75) is 32.6 Å². The van der Waals surface area contributed by atoms with Crippen molar-refractivity contribution in [2.24, 2.45) is 11.3 Å². The molecule has 0 amide bonds. The predicted octanol–water partition coefficient (Wildman–Crippen LogP) is 2.45. The molecule has 0 spiro atoms. The average molecular weight is 256 g/mol. The Kier molecular flexibility index (Phi) is 5.19. The van der Waals surface area contributed by atoms with E-state index in [1.54, 1.807) is 0 Å². The Hall–Kier alpha value is 0.270. The van der Waals surface area contributed by atoms with Crippen molar-refractivity contribution < 1.29 is 0 Å². The number of rotatable bonds is 4. The minimum atomic E-state index is 0.564. The second kappa shape index (κ2) is 6.44. The summed E-state index contributed by atoms with van der Waals surface area (Å²) < 4.78 is 0. The van der Waals surface area contributed by atoms with Crippen molar-refractivity contribution in [1.29, 1.82) is 0 Å². The van der Waals surface area contributed by atoms with Crippen LogP contribution < -0.4 is 5.32 Å². The number of hydrogen-bond acceptors (Lipinski definition) is 3. The summed E-state index contributed by atoms with van der Waals surface area (Å²) in [6, 6.07) is 0. The molecule has 3 heteroatoms. The van der Waals surface area contributed by atoms with Crippen LogP contribution in [0.3, 0.4) is 0 Å². The zero-order chi connectivity index (χ0) is 12.1. The smallest absolute Gasteiger partial charge is 0.00729 e. The molecule has 0 bridgehead atoms. The molecular formula is C14H28N2S. The van der Waals surface area contributed by atoms with Crippen LogP contribution in [0, 0.1) is 11.3 Å². The summed E-state index contributed by atoms with van der Waals surface area (Å²) in [5, 5.41) is 3.46. The molecule has 2 atom stereocenters. The minimum Gasteiger partial charge on any atom is -0.319 e. The Morgan fingerprint density at radius 3 is 2.76 bits per heavy atom. The summed E-state index contributed by atoms with van der Waals surface area (Å²) in [6.07, 6.45) is 5.74. The fourth-order valence-electron chi connectivity index (χ4n) is 3.74. The van der Waals surface area contributed by atoms with Crippen LogP contribution in [0.2, 0.25) is 0 Å². The van der Waals surface area contributed by atoms with Gasteiger partial charge >= 0.3 is 0 Å². The highest BCUT2D eigenvalue weighted by molar-refractivity contribution is 7.99. The molecule has 0 aromatic rings. The van der Waals surface area contributed by atoms with E-state index in [9.17, 15) is 0 Å². The Morgan fingerprint density at radius 2 is 2.12 bits per heavy atom. The first-order valence-corrected chi connectivity index (χ1v) is 8.34. The molecule has 2 fully saturated rings. The van der Waals surface area contributed by atoms with Gasteiger partial charge in [-0.3, -0.25) is 0 Å². The normalized spacial score (nSPS) is 36.0. The van der Waals surface area contributed by atoms with E-state index in [0.29, 0.717) is 5.41 Å². The summed E-state index contributed by atoms with van der Waals surface area (Å²) in [7, 11) is 2.12. The van der Waals surface area contributed by atoms with Gasteiger partial charge in [0.2, 0.25) is 0 Å². The lowest BCUT2D eigenvalue weighted by atomic mass is 9.69. The van der Waals surface area contributed by atoms with Gasteiger partial charge in [0.25, 0.3) is 0 Å². The first kappa shape index (κ1) is 13.7. The van der Waals surface area contributed by atoms with E-state index in [0.717, 1.165) is 5.92 Å². The maximum atomic E-state index is 3.46. The van der Waals surface area contributed by atoms with Crippen molar-refractivity contribution in [1.82, 2.24) is 10.2 Å². The molecule has 1 aliphatic carbocycles. The zero-order valence-electron chi connectivity index (χ0n) is 11.5. The van der Waals surface area contributed by atoms with E-state index in [1.165, 1.54) is 63.4 Å². The second-order valence-corrected chi connectivity index (χ2v) is 7.35. The second-order valence-electron chi connectivity index (χ2n) is 6.12. The van der Waals surface area contributed by atoms with E-state index in [-0.39, 0.29) is 0 Å². The highest BCUT2D eigenvalue weighted by atomic mass is 32.2. The van der Waals surface area contributed by atoms with Gasteiger partial charge in [0.1, 0.15) is 0 Å². The molecule has 0 aromatic heterocycles. The number of nitrogens with zero attached hydrogens (tertiary/aromatic N) is 1. The largest absolute Gasteiger partial charge is 0.319 e. The third-order valence-electron chi connectivity index (χ3n) is 4.40. The van der Waals surface area contributed by atoms with Crippen molar-refractivity contribution in [3.63, 3.8) is 0 Å². The van der Waals surface area contributed by atoms with Crippen LogP contribution in [0.1, 0.15) is 32.6 Å². The maximum Gasteiger partial charge on any atom is 0.00729 e. The van der Waals surface area contributed by atoms with Crippen LogP contribution in [-0.2, 0) is 0 Å². The summed E-state index contributed by atoms with van der Waals surface area (Å²) in [5.74, 6) is 3.60. The lowest BCUT2D eigenvalue weighted by Gasteiger charge is -2.44. The minimum absolute atomic E-state index is 0.564. The molecule has 2 nitrogen and oxygen atoms in total. The third kappa shape index (κ3) is 3.87. The van der Waals surface area contributed by atoms with Gasteiger partial charge < -0.3 is 10.2 Å². The average Bonchev–Trinajstić information content (AvgIpc) is 2.30. The summed E-state index contributed by atoms with van der Waals surface area (Å²) in [5.41, 5.74) is 0.564. The lowest BCUT2D eigenvalue weighted by molar-refractivity contribution is 0.0867. The van der Waals surface area contributed by atoms with E-state index in [2.05, 4.69) is 35.9 Å². The summed E-state index contributed by atoms with van der Waals surface area (Å²) >= 11 is 2.12. The molecular weight excluding hydrogens is 228 g/mol. The van der Waals surface area contributed by atoms with Crippen molar-refractivity contribution in [3.05, 3.63) is 0 Å².